The maximum absolute atomic E-state index is 10.7. The van der Waals surface area contributed by atoms with Crippen LogP contribution in [0.4, 0.5) is 0 Å². The molecule has 0 saturated carbocycles. The molecule has 0 heterocycles. The number of rotatable bonds is 3. The molecule has 10 heavy (non-hydrogen) atoms. The Kier molecular flexibility index (Phi) is 3.79. The first-order chi connectivity index (χ1) is 4.45. The molecule has 2 nitrogen and oxygen atoms in total. The molecule has 0 aliphatic rings. The van der Waals surface area contributed by atoms with Gasteiger partial charge in [0.1, 0.15) is 0 Å². The molecule has 0 aromatic carbocycles. The number of hydrogen-bond acceptors (Lipinski definition) is 1. The van der Waals surface area contributed by atoms with Crippen LogP contribution in [0.5, 0.6) is 0 Å². The molecule has 60 valence electrons. The minimum absolute atomic E-state index is 0.338. The van der Waals surface area contributed by atoms with Gasteiger partial charge in [-0.3, -0.25) is 0 Å². The van der Waals surface area contributed by atoms with Gasteiger partial charge in [-0.2, -0.15) is 0 Å². The van der Waals surface area contributed by atoms with Gasteiger partial charge < -0.3 is 0 Å². The molecule has 1 atom stereocenters. The Morgan fingerprint density at radius 3 is 2.00 bits per heavy atom. The van der Waals surface area contributed by atoms with E-state index < -0.39 is 27.7 Å². The molecule has 0 aliphatic heterocycles. The third-order valence-electron chi connectivity index (χ3n) is 2.14. The summed E-state index contributed by atoms with van der Waals surface area (Å²) in [7, 11) is 0. The zero-order valence-electron chi connectivity index (χ0n) is 7.01. The van der Waals surface area contributed by atoms with E-state index in [2.05, 4.69) is 9.26 Å². The second-order valence-electron chi connectivity index (χ2n) is 2.83. The number of carboxylic acid groups (broad SMARTS) is 1. The van der Waals surface area contributed by atoms with E-state index in [1.54, 1.807) is 0 Å². The van der Waals surface area contributed by atoms with Gasteiger partial charge >= 0.3 is 70.3 Å². The normalized spacial score (nSPS) is 16.9. The van der Waals surface area contributed by atoms with Crippen LogP contribution >= 0.6 is 0 Å². The minimum atomic E-state index is -1.65. The van der Waals surface area contributed by atoms with Crippen LogP contribution in [0.2, 0.25) is 12.4 Å². The first-order valence-electron chi connectivity index (χ1n) is 3.36. The predicted molar refractivity (Wildman–Crippen MR) is 43.8 cm³/mol. The summed E-state index contributed by atoms with van der Waals surface area (Å²) in [6.45, 7) is 3.84. The van der Waals surface area contributed by atoms with Crippen molar-refractivity contribution in [1.82, 2.24) is 0 Å². The van der Waals surface area contributed by atoms with Crippen molar-refractivity contribution in [3.05, 3.63) is 0 Å². The third kappa shape index (κ3) is 1.92. The molecule has 0 aliphatic carbocycles. The van der Waals surface area contributed by atoms with Gasteiger partial charge in [-0.1, -0.05) is 0 Å². The summed E-state index contributed by atoms with van der Waals surface area (Å²) in [5.41, 5.74) is 0. The fourth-order valence-electron chi connectivity index (χ4n) is 0.659. The number of aliphatic carboxylic acids is 1. The van der Waals surface area contributed by atoms with Crippen LogP contribution in [0, 0.1) is 0 Å². The molecule has 0 fully saturated rings. The van der Waals surface area contributed by atoms with Crippen molar-refractivity contribution in [2.45, 2.75) is 32.7 Å². The number of hydrogen-bond donors (Lipinski definition) is 1. The third-order valence-corrected chi connectivity index (χ3v) is 11.8. The zero-order chi connectivity index (χ0) is 8.36. The number of carbonyl (C=O) groups is 1. The van der Waals surface area contributed by atoms with E-state index in [0.29, 0.717) is 0 Å². The Bertz CT molecular complexity index is 134. The van der Waals surface area contributed by atoms with Crippen molar-refractivity contribution in [2.24, 2.45) is 0 Å². The van der Waals surface area contributed by atoms with Gasteiger partial charge in [-0.15, -0.1) is 0 Å². The summed E-state index contributed by atoms with van der Waals surface area (Å²) in [4.78, 5) is 10.7. The van der Waals surface area contributed by atoms with E-state index >= 15 is 0 Å². The van der Waals surface area contributed by atoms with Gasteiger partial charge in [0.2, 0.25) is 0 Å². The summed E-state index contributed by atoms with van der Waals surface area (Å²) < 4.78 is 3.95. The fraction of sp³-hybridized carbons (Fsp3) is 0.857. The van der Waals surface area contributed by atoms with Crippen molar-refractivity contribution in [2.75, 3.05) is 0 Å². The van der Waals surface area contributed by atoms with Crippen molar-refractivity contribution in [1.29, 1.82) is 0 Å². The van der Waals surface area contributed by atoms with E-state index in [9.17, 15) is 4.79 Å². The molecule has 0 aromatic heterocycles. The van der Waals surface area contributed by atoms with E-state index in [4.69, 9.17) is 5.11 Å². The second-order valence-corrected chi connectivity index (χ2v) is 13.6. The van der Waals surface area contributed by atoms with Crippen LogP contribution in [0.3, 0.4) is 0 Å². The second kappa shape index (κ2) is 3.66. The van der Waals surface area contributed by atoms with E-state index in [1.807, 2.05) is 13.8 Å². The Morgan fingerprint density at radius 2 is 2.00 bits per heavy atom. The van der Waals surface area contributed by atoms with Crippen molar-refractivity contribution in [3.8, 4) is 0 Å². The SMILES string of the molecule is CC[C](C)(C(=O)O)[Bi]([CH3])[CH3]. The molecular formula is C7H15BiO2. The molecule has 0 rings (SSSR count). The maximum atomic E-state index is 10.7. The van der Waals surface area contributed by atoms with Crippen molar-refractivity contribution in [3.63, 3.8) is 0 Å². The number of carboxylic acids is 1. The van der Waals surface area contributed by atoms with Crippen molar-refractivity contribution >= 4 is 27.7 Å². The van der Waals surface area contributed by atoms with Gasteiger partial charge in [0, 0.05) is 0 Å². The van der Waals surface area contributed by atoms with E-state index in [-0.39, 0.29) is 3.12 Å². The van der Waals surface area contributed by atoms with Gasteiger partial charge in [0.15, 0.2) is 0 Å². The van der Waals surface area contributed by atoms with E-state index in [0.717, 1.165) is 6.42 Å². The monoisotopic (exact) mass is 340 g/mol. The average Bonchev–Trinajstić information content (AvgIpc) is 1.85. The molecule has 3 heteroatoms. The van der Waals surface area contributed by atoms with Crippen LogP contribution < -0.4 is 0 Å². The van der Waals surface area contributed by atoms with Gasteiger partial charge in [-0.25, -0.2) is 0 Å². The summed E-state index contributed by atoms with van der Waals surface area (Å²) in [6, 6.07) is 0. The molecular weight excluding hydrogens is 325 g/mol. The van der Waals surface area contributed by atoms with Gasteiger partial charge in [-0.05, 0) is 0 Å². The Morgan fingerprint density at radius 1 is 1.60 bits per heavy atom. The molecule has 0 aromatic rings. The Labute approximate surface area is 70.3 Å². The topological polar surface area (TPSA) is 37.3 Å². The van der Waals surface area contributed by atoms with Crippen LogP contribution in [0.15, 0.2) is 0 Å². The summed E-state index contributed by atoms with van der Waals surface area (Å²) in [6.07, 6.45) is 0.785. The van der Waals surface area contributed by atoms with Crippen LogP contribution in [-0.4, -0.2) is 32.8 Å². The van der Waals surface area contributed by atoms with Crippen LogP contribution in [0.25, 0.3) is 0 Å². The molecule has 0 saturated heterocycles. The van der Waals surface area contributed by atoms with Crippen LogP contribution in [0.1, 0.15) is 20.3 Å². The zero-order valence-corrected chi connectivity index (χ0v) is 10.5. The molecule has 0 bridgehead atoms. The quantitative estimate of drug-likeness (QED) is 0.798. The van der Waals surface area contributed by atoms with Gasteiger partial charge in [0.05, 0.1) is 0 Å². The van der Waals surface area contributed by atoms with E-state index in [1.165, 1.54) is 0 Å². The molecule has 1 unspecified atom stereocenters. The van der Waals surface area contributed by atoms with Crippen LogP contribution in [-0.2, 0) is 4.79 Å². The van der Waals surface area contributed by atoms with Crippen molar-refractivity contribution < 1.29 is 9.90 Å². The molecule has 0 spiro atoms. The fourth-order valence-corrected chi connectivity index (χ4v) is 4.60. The summed E-state index contributed by atoms with van der Waals surface area (Å²) >= 11 is -1.65. The standard InChI is InChI=1S/C5H9O2.2CH3.Bi/c1-3-4(2)5(6)7;;;/h3H2,1-2H3,(H,6,7);2*1H3;. The summed E-state index contributed by atoms with van der Waals surface area (Å²) in [5, 5.41) is 8.85. The first kappa shape index (κ1) is 10.4. The summed E-state index contributed by atoms with van der Waals surface area (Å²) in [5.74, 6) is -0.599. The Hall–Kier alpha value is 0.353. The molecule has 1 N–H and O–H groups in total. The molecule has 0 amide bonds. The first-order valence-corrected chi connectivity index (χ1v) is 12.0. The predicted octanol–water partition coefficient (Wildman–Crippen LogP) is 2.00. The average molecular weight is 340 g/mol. The Balaban J connectivity index is 4.38. The molecule has 0 radical (unpaired) electrons. The van der Waals surface area contributed by atoms with Gasteiger partial charge in [0.25, 0.3) is 0 Å².